The van der Waals surface area contributed by atoms with Crippen molar-refractivity contribution in [3.05, 3.63) is 28.8 Å². The first-order valence-electron chi connectivity index (χ1n) is 8.65. The summed E-state index contributed by atoms with van der Waals surface area (Å²) in [4.78, 5) is 11.4. The van der Waals surface area contributed by atoms with E-state index in [0.717, 1.165) is 18.3 Å². The summed E-state index contributed by atoms with van der Waals surface area (Å²) in [7, 11) is 0. The monoisotopic (exact) mass is 299 g/mol. The molecule has 4 rings (SSSR count). The van der Waals surface area contributed by atoms with Crippen LogP contribution in [0.15, 0.2) is 12.1 Å². The van der Waals surface area contributed by atoms with Crippen molar-refractivity contribution in [1.29, 1.82) is 0 Å². The lowest BCUT2D eigenvalue weighted by molar-refractivity contribution is 0.0597. The van der Waals surface area contributed by atoms with Gasteiger partial charge in [-0.2, -0.15) is 0 Å². The summed E-state index contributed by atoms with van der Waals surface area (Å²) < 4.78 is 0. The van der Waals surface area contributed by atoms with Gasteiger partial charge in [0.15, 0.2) is 0 Å². The van der Waals surface area contributed by atoms with Crippen molar-refractivity contribution in [3.63, 3.8) is 0 Å². The van der Waals surface area contributed by atoms with Crippen LogP contribution in [0, 0.1) is 17.3 Å². The Kier molecular flexibility index (Phi) is 3.04. The van der Waals surface area contributed by atoms with Crippen LogP contribution in [-0.4, -0.2) is 11.0 Å². The number of aromatic hydroxyl groups is 1. The Bertz CT molecular complexity index is 639. The van der Waals surface area contributed by atoms with Crippen LogP contribution in [0.5, 0.6) is 5.75 Å². The van der Waals surface area contributed by atoms with Crippen LogP contribution in [0.25, 0.3) is 0 Å². The normalized spacial score (nSPS) is 36.3. The molecule has 2 fully saturated rings. The number of benzene rings is 1. The van der Waals surface area contributed by atoms with Gasteiger partial charge in [0.2, 0.25) is 0 Å². The van der Waals surface area contributed by atoms with Crippen molar-refractivity contribution in [1.82, 2.24) is 0 Å². The highest BCUT2D eigenvalue weighted by atomic mass is 16.3. The van der Waals surface area contributed by atoms with Crippen LogP contribution in [0.3, 0.4) is 0 Å². The van der Waals surface area contributed by atoms with Crippen LogP contribution >= 0.6 is 0 Å². The highest BCUT2D eigenvalue weighted by Crippen LogP contribution is 2.61. The average molecular weight is 299 g/mol. The Morgan fingerprint density at radius 1 is 1.27 bits per heavy atom. The molecule has 3 aliphatic carbocycles. The molecule has 0 radical (unpaired) electrons. The van der Waals surface area contributed by atoms with Gasteiger partial charge in [-0.1, -0.05) is 13.3 Å². The number of phenols is 1. The number of carbonyl (C=O) groups excluding carboxylic acids is 1. The Hall–Kier alpha value is -1.51. The molecule has 0 heterocycles. The van der Waals surface area contributed by atoms with Gasteiger partial charge >= 0.3 is 0 Å². The van der Waals surface area contributed by atoms with Crippen molar-refractivity contribution in [3.8, 4) is 5.75 Å². The maximum Gasteiger partial charge on any atom is 0.252 e. The summed E-state index contributed by atoms with van der Waals surface area (Å²) in [6, 6.07) is 3.68. The highest BCUT2D eigenvalue weighted by Gasteiger charge is 2.50. The fraction of sp³-hybridized carbons (Fsp3) is 0.632. The molecule has 4 atom stereocenters. The van der Waals surface area contributed by atoms with Gasteiger partial charge in [0.25, 0.3) is 5.91 Å². The topological polar surface area (TPSA) is 63.3 Å². The second-order valence-corrected chi connectivity index (χ2v) is 7.93. The zero-order valence-corrected chi connectivity index (χ0v) is 13.3. The van der Waals surface area contributed by atoms with E-state index >= 15 is 0 Å². The molecular weight excluding hydrogens is 274 g/mol. The minimum Gasteiger partial charge on any atom is -0.507 e. The summed E-state index contributed by atoms with van der Waals surface area (Å²) >= 11 is 0. The summed E-state index contributed by atoms with van der Waals surface area (Å²) in [5.41, 5.74) is 8.71. The molecule has 3 N–H and O–H groups in total. The van der Waals surface area contributed by atoms with E-state index in [1.807, 2.05) is 12.1 Å². The number of amides is 1. The first-order valence-corrected chi connectivity index (χ1v) is 8.65. The van der Waals surface area contributed by atoms with Gasteiger partial charge in [-0.15, -0.1) is 0 Å². The van der Waals surface area contributed by atoms with E-state index in [1.54, 1.807) is 0 Å². The van der Waals surface area contributed by atoms with Crippen LogP contribution in [0.4, 0.5) is 0 Å². The molecule has 1 amide bonds. The molecule has 1 aromatic carbocycles. The number of aryl methyl sites for hydroxylation is 1. The largest absolute Gasteiger partial charge is 0.507 e. The second-order valence-electron chi connectivity index (χ2n) is 7.93. The van der Waals surface area contributed by atoms with E-state index in [0.29, 0.717) is 11.3 Å². The van der Waals surface area contributed by atoms with E-state index in [-0.39, 0.29) is 11.3 Å². The Morgan fingerprint density at radius 3 is 2.86 bits per heavy atom. The molecule has 3 nitrogen and oxygen atoms in total. The summed E-state index contributed by atoms with van der Waals surface area (Å²) in [5.74, 6) is 1.69. The van der Waals surface area contributed by atoms with E-state index < -0.39 is 5.91 Å². The third-order valence-corrected chi connectivity index (χ3v) is 6.89. The highest BCUT2D eigenvalue weighted by molar-refractivity contribution is 5.95. The van der Waals surface area contributed by atoms with Crippen molar-refractivity contribution >= 4 is 5.91 Å². The zero-order chi connectivity index (χ0) is 15.5. The molecule has 1 aromatic rings. The van der Waals surface area contributed by atoms with Gasteiger partial charge < -0.3 is 10.8 Å². The van der Waals surface area contributed by atoms with Crippen molar-refractivity contribution in [2.24, 2.45) is 23.0 Å². The number of hydrogen-bond donors (Lipinski definition) is 2. The first kappa shape index (κ1) is 14.1. The van der Waals surface area contributed by atoms with Crippen molar-refractivity contribution in [2.75, 3.05) is 0 Å². The van der Waals surface area contributed by atoms with Crippen molar-refractivity contribution < 1.29 is 9.90 Å². The lowest BCUT2D eigenvalue weighted by atomic mass is 9.56. The maximum absolute atomic E-state index is 11.4. The molecule has 0 saturated heterocycles. The standard InChI is InChI=1S/C19H25NO2/c1-19-7-2-3-16(19)13-5-4-11-9-15(18(20)22)17(21)10-14(11)12(13)6-8-19/h9-10,12-13,16,21H,2-8H2,1H3,(H2,20,22)/t12?,13?,16?,19-/m0/s1. The van der Waals surface area contributed by atoms with E-state index in [1.165, 1.54) is 49.7 Å². The molecule has 3 heteroatoms. The van der Waals surface area contributed by atoms with E-state index in [2.05, 4.69) is 6.92 Å². The third kappa shape index (κ3) is 1.90. The number of hydrogen-bond acceptors (Lipinski definition) is 2. The molecule has 0 bridgehead atoms. The van der Waals surface area contributed by atoms with Gasteiger partial charge in [0.1, 0.15) is 5.75 Å². The molecule has 0 aromatic heterocycles. The van der Waals surface area contributed by atoms with Gasteiger partial charge in [-0.3, -0.25) is 4.79 Å². The molecule has 0 spiro atoms. The zero-order valence-electron chi connectivity index (χ0n) is 13.3. The molecule has 3 unspecified atom stereocenters. The third-order valence-electron chi connectivity index (χ3n) is 6.89. The number of fused-ring (bicyclic) bond motifs is 5. The maximum atomic E-state index is 11.4. The number of rotatable bonds is 1. The predicted molar refractivity (Wildman–Crippen MR) is 85.9 cm³/mol. The van der Waals surface area contributed by atoms with Gasteiger partial charge in [0.05, 0.1) is 5.56 Å². The van der Waals surface area contributed by atoms with E-state index in [4.69, 9.17) is 5.73 Å². The molecule has 118 valence electrons. The fourth-order valence-electron chi connectivity index (χ4n) is 5.80. The summed E-state index contributed by atoms with van der Waals surface area (Å²) in [5, 5.41) is 10.2. The van der Waals surface area contributed by atoms with Gasteiger partial charge in [-0.05, 0) is 85.0 Å². The molecule has 2 saturated carbocycles. The Morgan fingerprint density at radius 2 is 2.09 bits per heavy atom. The Balaban J connectivity index is 1.73. The predicted octanol–water partition coefficient (Wildman–Crippen LogP) is 3.74. The Labute approximate surface area is 131 Å². The van der Waals surface area contributed by atoms with Crippen LogP contribution in [0.1, 0.15) is 72.9 Å². The van der Waals surface area contributed by atoms with Crippen LogP contribution in [0.2, 0.25) is 0 Å². The van der Waals surface area contributed by atoms with Gasteiger partial charge in [-0.25, -0.2) is 0 Å². The average Bonchev–Trinajstić information content (AvgIpc) is 2.88. The number of nitrogens with two attached hydrogens (primary N) is 1. The van der Waals surface area contributed by atoms with Crippen LogP contribution < -0.4 is 5.73 Å². The summed E-state index contributed by atoms with van der Waals surface area (Å²) in [6.07, 6.45) is 8.90. The minimum absolute atomic E-state index is 0.0617. The molecule has 3 aliphatic rings. The first-order chi connectivity index (χ1) is 10.5. The lowest BCUT2D eigenvalue weighted by Gasteiger charge is -2.49. The second kappa shape index (κ2) is 4.74. The number of carbonyl (C=O) groups is 1. The van der Waals surface area contributed by atoms with Crippen LogP contribution in [-0.2, 0) is 6.42 Å². The SMILES string of the molecule is C[C@@]12CCCC1C1CCc3cc(C(N)=O)c(O)cc3C1CC2. The van der Waals surface area contributed by atoms with Gasteiger partial charge in [0, 0.05) is 0 Å². The minimum atomic E-state index is -0.533. The summed E-state index contributed by atoms with van der Waals surface area (Å²) in [6.45, 7) is 2.49. The van der Waals surface area contributed by atoms with E-state index in [9.17, 15) is 9.90 Å². The quantitative estimate of drug-likeness (QED) is 0.829. The fourth-order valence-corrected chi connectivity index (χ4v) is 5.80. The smallest absolute Gasteiger partial charge is 0.252 e. The van der Waals surface area contributed by atoms with Crippen molar-refractivity contribution in [2.45, 2.75) is 57.8 Å². The molecule has 22 heavy (non-hydrogen) atoms. The molecular formula is C19H25NO2. The lowest BCUT2D eigenvalue weighted by Crippen LogP contribution is -2.39. The molecule has 0 aliphatic heterocycles. The number of primary amides is 1.